The van der Waals surface area contributed by atoms with Gasteiger partial charge in [0.05, 0.1) is 16.6 Å². The van der Waals surface area contributed by atoms with Crippen LogP contribution in [-0.2, 0) is 10.0 Å². The summed E-state index contributed by atoms with van der Waals surface area (Å²) in [5, 5.41) is 3.42. The lowest BCUT2D eigenvalue weighted by atomic mass is 10.1. The second-order valence-electron chi connectivity index (χ2n) is 7.32. The van der Waals surface area contributed by atoms with Gasteiger partial charge in [-0.1, -0.05) is 48.0 Å². The molecule has 1 atom stereocenters. The minimum absolute atomic E-state index is 0.149. The smallest absolute Gasteiger partial charge is 0.262 e. The first kappa shape index (κ1) is 23.7. The van der Waals surface area contributed by atoms with Crippen LogP contribution in [0, 0.1) is 5.82 Å². The van der Waals surface area contributed by atoms with Crippen LogP contribution >= 0.6 is 11.6 Å². The number of rotatable bonds is 8. The number of para-hydroxylation sites is 1. The summed E-state index contributed by atoms with van der Waals surface area (Å²) in [4.78, 5) is 14.5. The lowest BCUT2D eigenvalue weighted by Crippen LogP contribution is -2.34. The van der Waals surface area contributed by atoms with E-state index in [0.717, 1.165) is 11.6 Å². The predicted molar refractivity (Wildman–Crippen MR) is 124 cm³/mol. The topological polar surface area (TPSA) is 78.5 Å². The first-order chi connectivity index (χ1) is 15.2. The minimum atomic E-state index is -4.08. The quantitative estimate of drug-likeness (QED) is 0.508. The fourth-order valence-corrected chi connectivity index (χ4v) is 4.53. The molecule has 0 aliphatic heterocycles. The zero-order chi connectivity index (χ0) is 23.3. The zero-order valence-electron chi connectivity index (χ0n) is 17.5. The number of likely N-dealkylation sites (N-methyl/N-ethyl adjacent to an activating group) is 1. The van der Waals surface area contributed by atoms with Crippen LogP contribution < -0.4 is 10.0 Å². The Morgan fingerprint density at radius 2 is 1.72 bits per heavy atom. The molecule has 0 aromatic heterocycles. The summed E-state index contributed by atoms with van der Waals surface area (Å²) in [6, 6.07) is 18.2. The Hall–Kier alpha value is -2.94. The van der Waals surface area contributed by atoms with Crippen LogP contribution in [0.4, 0.5) is 10.1 Å². The molecule has 6 nitrogen and oxygen atoms in total. The van der Waals surface area contributed by atoms with Crippen molar-refractivity contribution >= 4 is 33.2 Å². The molecule has 0 fully saturated rings. The van der Waals surface area contributed by atoms with Crippen molar-refractivity contribution in [2.75, 3.05) is 25.4 Å². The van der Waals surface area contributed by atoms with E-state index in [-0.39, 0.29) is 28.7 Å². The number of nitrogens with zero attached hydrogens (tertiary/aromatic N) is 1. The molecule has 0 aliphatic rings. The van der Waals surface area contributed by atoms with Gasteiger partial charge in [0.1, 0.15) is 5.82 Å². The number of benzene rings is 3. The normalized spacial score (nSPS) is 12.4. The van der Waals surface area contributed by atoms with Crippen molar-refractivity contribution in [3.63, 3.8) is 0 Å². The third-order valence-electron chi connectivity index (χ3n) is 4.87. The molecule has 0 saturated heterocycles. The van der Waals surface area contributed by atoms with Gasteiger partial charge in [-0.25, -0.2) is 12.8 Å². The van der Waals surface area contributed by atoms with Gasteiger partial charge in [-0.2, -0.15) is 0 Å². The number of anilines is 1. The van der Waals surface area contributed by atoms with Gasteiger partial charge in [-0.05, 0) is 56.1 Å². The van der Waals surface area contributed by atoms with E-state index >= 15 is 0 Å². The first-order valence-corrected chi connectivity index (χ1v) is 11.6. The average Bonchev–Trinajstić information content (AvgIpc) is 2.76. The fraction of sp³-hybridized carbons (Fsp3) is 0.174. The Morgan fingerprint density at radius 3 is 2.41 bits per heavy atom. The molecule has 3 rings (SSSR count). The highest BCUT2D eigenvalue weighted by Crippen LogP contribution is 2.25. The van der Waals surface area contributed by atoms with E-state index in [1.807, 2.05) is 37.2 Å². The van der Waals surface area contributed by atoms with Crippen LogP contribution in [0.3, 0.4) is 0 Å². The van der Waals surface area contributed by atoms with Gasteiger partial charge in [-0.3, -0.25) is 9.52 Å². The Morgan fingerprint density at radius 1 is 1.03 bits per heavy atom. The van der Waals surface area contributed by atoms with Crippen molar-refractivity contribution < 1.29 is 17.6 Å². The second kappa shape index (κ2) is 10.1. The molecule has 0 radical (unpaired) electrons. The number of nitrogens with one attached hydrogen (secondary N) is 2. The van der Waals surface area contributed by atoms with E-state index in [0.29, 0.717) is 5.02 Å². The van der Waals surface area contributed by atoms with Gasteiger partial charge in [0.15, 0.2) is 0 Å². The number of hydrogen-bond acceptors (Lipinski definition) is 4. The fourth-order valence-electron chi connectivity index (χ4n) is 3.16. The van der Waals surface area contributed by atoms with Crippen LogP contribution in [0.25, 0.3) is 0 Å². The van der Waals surface area contributed by atoms with Crippen LogP contribution in [0.5, 0.6) is 0 Å². The van der Waals surface area contributed by atoms with Crippen molar-refractivity contribution in [2.24, 2.45) is 0 Å². The van der Waals surface area contributed by atoms with E-state index in [1.165, 1.54) is 42.5 Å². The second-order valence-corrected chi connectivity index (χ2v) is 9.41. The summed E-state index contributed by atoms with van der Waals surface area (Å²) in [5.74, 6) is -1.13. The monoisotopic (exact) mass is 475 g/mol. The number of sulfonamides is 1. The Balaban J connectivity index is 1.76. The maximum absolute atomic E-state index is 13.8. The van der Waals surface area contributed by atoms with Crippen LogP contribution in [0.15, 0.2) is 77.7 Å². The molecule has 3 aromatic carbocycles. The summed E-state index contributed by atoms with van der Waals surface area (Å²) >= 11 is 6.30. The lowest BCUT2D eigenvalue weighted by molar-refractivity contribution is 0.0941. The van der Waals surface area contributed by atoms with Crippen molar-refractivity contribution in [2.45, 2.75) is 10.9 Å². The molecule has 2 N–H and O–H groups in total. The Bertz CT molecular complexity index is 1220. The van der Waals surface area contributed by atoms with Crippen LogP contribution in [0.1, 0.15) is 22.0 Å². The molecular formula is C23H23ClFN3O3S. The Labute approximate surface area is 192 Å². The van der Waals surface area contributed by atoms with Crippen LogP contribution in [0.2, 0.25) is 5.02 Å². The molecule has 0 spiro atoms. The van der Waals surface area contributed by atoms with E-state index < -0.39 is 21.7 Å². The largest absolute Gasteiger partial charge is 0.350 e. The summed E-state index contributed by atoms with van der Waals surface area (Å²) < 4.78 is 41.4. The summed E-state index contributed by atoms with van der Waals surface area (Å²) in [7, 11) is -0.327. The molecule has 0 bridgehead atoms. The van der Waals surface area contributed by atoms with Crippen molar-refractivity contribution in [1.29, 1.82) is 0 Å². The highest BCUT2D eigenvalue weighted by Gasteiger charge is 2.20. The molecule has 3 aromatic rings. The zero-order valence-corrected chi connectivity index (χ0v) is 19.1. The molecule has 0 aliphatic carbocycles. The van der Waals surface area contributed by atoms with E-state index in [9.17, 15) is 17.6 Å². The van der Waals surface area contributed by atoms with Gasteiger partial charge >= 0.3 is 0 Å². The van der Waals surface area contributed by atoms with Gasteiger partial charge < -0.3 is 10.2 Å². The standard InChI is InChI=1S/C23H23ClFN3O3S/c1-28(2)22(18-10-3-4-11-19(18)24)15-26-23(29)16-8-7-9-17(14-16)32(30,31)27-21-13-6-5-12-20(21)25/h3-14,22,27H,15H2,1-2H3,(H,26,29). The lowest BCUT2D eigenvalue weighted by Gasteiger charge is -2.26. The SMILES string of the molecule is CN(C)C(CNC(=O)c1cccc(S(=O)(=O)Nc2ccccc2F)c1)c1ccccc1Cl. The number of carbonyl (C=O) groups is 1. The first-order valence-electron chi connectivity index (χ1n) is 9.75. The molecule has 9 heteroatoms. The third kappa shape index (κ3) is 5.64. The van der Waals surface area contributed by atoms with Gasteiger partial charge in [-0.15, -0.1) is 0 Å². The molecule has 0 heterocycles. The highest BCUT2D eigenvalue weighted by molar-refractivity contribution is 7.92. The van der Waals surface area contributed by atoms with E-state index in [4.69, 9.17) is 11.6 Å². The molecular weight excluding hydrogens is 453 g/mol. The highest BCUT2D eigenvalue weighted by atomic mass is 35.5. The molecule has 1 amide bonds. The average molecular weight is 476 g/mol. The maximum atomic E-state index is 13.8. The molecule has 32 heavy (non-hydrogen) atoms. The van der Waals surface area contributed by atoms with E-state index in [2.05, 4.69) is 10.0 Å². The van der Waals surface area contributed by atoms with Crippen molar-refractivity contribution in [1.82, 2.24) is 10.2 Å². The summed E-state index contributed by atoms with van der Waals surface area (Å²) in [5.41, 5.74) is 0.860. The third-order valence-corrected chi connectivity index (χ3v) is 6.58. The van der Waals surface area contributed by atoms with Crippen molar-refractivity contribution in [3.8, 4) is 0 Å². The Kier molecular flexibility index (Phi) is 7.50. The predicted octanol–water partition coefficient (Wildman–Crippen LogP) is 4.31. The molecule has 1 unspecified atom stereocenters. The van der Waals surface area contributed by atoms with Crippen LogP contribution in [-0.4, -0.2) is 39.9 Å². The molecule has 168 valence electrons. The van der Waals surface area contributed by atoms with Gasteiger partial charge in [0.2, 0.25) is 0 Å². The number of hydrogen-bond donors (Lipinski definition) is 2. The van der Waals surface area contributed by atoms with Gasteiger partial charge in [0, 0.05) is 17.1 Å². The summed E-state index contributed by atoms with van der Waals surface area (Å²) in [6.07, 6.45) is 0. The molecule has 0 saturated carbocycles. The minimum Gasteiger partial charge on any atom is -0.350 e. The number of amides is 1. The van der Waals surface area contributed by atoms with E-state index in [1.54, 1.807) is 6.07 Å². The number of halogens is 2. The summed E-state index contributed by atoms with van der Waals surface area (Å²) in [6.45, 7) is 0.264. The number of carbonyl (C=O) groups excluding carboxylic acids is 1. The van der Waals surface area contributed by atoms with Gasteiger partial charge in [0.25, 0.3) is 15.9 Å². The van der Waals surface area contributed by atoms with Crippen molar-refractivity contribution in [3.05, 3.63) is 94.8 Å². The maximum Gasteiger partial charge on any atom is 0.262 e.